The van der Waals surface area contributed by atoms with Crippen LogP contribution in [0.5, 0.6) is 5.75 Å². The van der Waals surface area contributed by atoms with Crippen LogP contribution >= 0.6 is 12.2 Å². The number of nitrogens with zero attached hydrogens (tertiary/aromatic N) is 2. The number of likely N-dealkylation sites (tertiary alicyclic amines) is 2. The molecule has 0 saturated carbocycles. The predicted molar refractivity (Wildman–Crippen MR) is 99.2 cm³/mol. The quantitative estimate of drug-likeness (QED) is 0.853. The van der Waals surface area contributed by atoms with E-state index in [1.807, 2.05) is 24.3 Å². The smallest absolute Gasteiger partial charge is 0.173 e. The van der Waals surface area contributed by atoms with Crippen molar-refractivity contribution in [1.29, 1.82) is 0 Å². The van der Waals surface area contributed by atoms with Gasteiger partial charge in [-0.05, 0) is 75.3 Å². The zero-order chi connectivity index (χ0) is 16.1. The zero-order valence-corrected chi connectivity index (χ0v) is 14.8. The molecule has 2 saturated heterocycles. The van der Waals surface area contributed by atoms with E-state index in [0.29, 0.717) is 6.04 Å². The van der Waals surface area contributed by atoms with Gasteiger partial charge in [0.2, 0.25) is 0 Å². The molecule has 0 aliphatic carbocycles. The number of ether oxygens (including phenoxy) is 1. The summed E-state index contributed by atoms with van der Waals surface area (Å²) in [6.45, 7) is 4.73. The Morgan fingerprint density at radius 3 is 2.57 bits per heavy atom. The highest BCUT2D eigenvalue weighted by atomic mass is 32.1. The monoisotopic (exact) mass is 333 g/mol. The van der Waals surface area contributed by atoms with Gasteiger partial charge in [0, 0.05) is 24.8 Å². The number of hydrogen-bond acceptors (Lipinski definition) is 3. The van der Waals surface area contributed by atoms with Crippen LogP contribution in [0, 0.1) is 0 Å². The minimum absolute atomic E-state index is 0.561. The van der Waals surface area contributed by atoms with Crippen LogP contribution in [0.3, 0.4) is 0 Å². The molecule has 0 bridgehead atoms. The first-order valence-corrected chi connectivity index (χ1v) is 9.11. The highest BCUT2D eigenvalue weighted by Gasteiger charge is 2.28. The first-order chi connectivity index (χ1) is 11.3. The average Bonchev–Trinajstić information content (AvgIpc) is 3.05. The van der Waals surface area contributed by atoms with E-state index in [2.05, 4.69) is 15.1 Å². The Bertz CT molecular complexity index is 514. The molecule has 1 N–H and O–H groups in total. The Hall–Kier alpha value is -1.33. The summed E-state index contributed by atoms with van der Waals surface area (Å²) in [7, 11) is 1.68. The number of benzene rings is 1. The SMILES string of the molecule is COc1ccc(NC(=S)N2CCC[C@H]2CN2CCCCC2)cc1. The van der Waals surface area contributed by atoms with E-state index in [9.17, 15) is 0 Å². The summed E-state index contributed by atoms with van der Waals surface area (Å²) in [6, 6.07) is 8.51. The van der Waals surface area contributed by atoms with Crippen molar-refractivity contribution >= 4 is 23.0 Å². The van der Waals surface area contributed by atoms with Crippen molar-refractivity contribution in [3.05, 3.63) is 24.3 Å². The van der Waals surface area contributed by atoms with Crippen molar-refractivity contribution in [1.82, 2.24) is 9.80 Å². The molecule has 1 atom stereocenters. The Kier molecular flexibility index (Phi) is 5.73. The van der Waals surface area contributed by atoms with E-state index in [1.54, 1.807) is 7.11 Å². The molecule has 0 unspecified atom stereocenters. The molecule has 2 aliphatic heterocycles. The Labute approximate surface area is 144 Å². The molecule has 5 heteroatoms. The molecule has 126 valence electrons. The van der Waals surface area contributed by atoms with Gasteiger partial charge in [0.1, 0.15) is 5.75 Å². The molecular formula is C18H27N3OS. The van der Waals surface area contributed by atoms with E-state index in [1.165, 1.54) is 45.2 Å². The number of hydrogen-bond donors (Lipinski definition) is 1. The van der Waals surface area contributed by atoms with Gasteiger partial charge in [-0.15, -0.1) is 0 Å². The van der Waals surface area contributed by atoms with Crippen LogP contribution < -0.4 is 10.1 Å². The second-order valence-electron chi connectivity index (χ2n) is 6.51. The zero-order valence-electron chi connectivity index (χ0n) is 14.0. The molecule has 2 fully saturated rings. The number of anilines is 1. The largest absolute Gasteiger partial charge is 0.497 e. The van der Waals surface area contributed by atoms with Crippen LogP contribution in [0.1, 0.15) is 32.1 Å². The first-order valence-electron chi connectivity index (χ1n) is 8.70. The molecule has 0 aromatic heterocycles. The molecular weight excluding hydrogens is 306 g/mol. The van der Waals surface area contributed by atoms with Crippen LogP contribution in [0.2, 0.25) is 0 Å². The first kappa shape index (κ1) is 16.5. The third-order valence-corrected chi connectivity index (χ3v) is 5.23. The number of methoxy groups -OCH3 is 1. The molecule has 2 aliphatic rings. The number of thiocarbonyl (C=S) groups is 1. The number of nitrogens with one attached hydrogen (secondary N) is 1. The van der Waals surface area contributed by atoms with E-state index in [4.69, 9.17) is 17.0 Å². The van der Waals surface area contributed by atoms with Crippen molar-refractivity contribution in [2.75, 3.05) is 38.6 Å². The molecule has 4 nitrogen and oxygen atoms in total. The summed E-state index contributed by atoms with van der Waals surface area (Å²) in [5, 5.41) is 4.24. The maximum absolute atomic E-state index is 5.67. The molecule has 0 amide bonds. The third kappa shape index (κ3) is 4.36. The second-order valence-corrected chi connectivity index (χ2v) is 6.90. The Balaban J connectivity index is 1.56. The lowest BCUT2D eigenvalue weighted by Crippen LogP contribution is -2.46. The molecule has 23 heavy (non-hydrogen) atoms. The molecule has 1 aromatic rings. The van der Waals surface area contributed by atoms with Gasteiger partial charge in [-0.2, -0.15) is 0 Å². The fraction of sp³-hybridized carbons (Fsp3) is 0.611. The van der Waals surface area contributed by atoms with Gasteiger partial charge in [-0.25, -0.2) is 0 Å². The normalized spacial score (nSPS) is 22.1. The fourth-order valence-corrected chi connectivity index (χ4v) is 3.96. The van der Waals surface area contributed by atoms with Gasteiger partial charge in [0.15, 0.2) is 5.11 Å². The van der Waals surface area contributed by atoms with Crippen LogP contribution in [-0.2, 0) is 0 Å². The Morgan fingerprint density at radius 1 is 1.13 bits per heavy atom. The van der Waals surface area contributed by atoms with Crippen molar-refractivity contribution in [3.63, 3.8) is 0 Å². The maximum atomic E-state index is 5.67. The third-order valence-electron chi connectivity index (χ3n) is 4.90. The van der Waals surface area contributed by atoms with Gasteiger partial charge >= 0.3 is 0 Å². The summed E-state index contributed by atoms with van der Waals surface area (Å²) >= 11 is 5.67. The van der Waals surface area contributed by atoms with Crippen molar-refractivity contribution in [2.24, 2.45) is 0 Å². The van der Waals surface area contributed by atoms with Gasteiger partial charge in [-0.1, -0.05) is 6.42 Å². The van der Waals surface area contributed by atoms with Crippen LogP contribution in [0.15, 0.2) is 24.3 Å². The molecule has 0 spiro atoms. The lowest BCUT2D eigenvalue weighted by atomic mass is 10.1. The summed E-state index contributed by atoms with van der Waals surface area (Å²) in [5.74, 6) is 0.866. The highest BCUT2D eigenvalue weighted by molar-refractivity contribution is 7.80. The predicted octanol–water partition coefficient (Wildman–Crippen LogP) is 3.34. The Morgan fingerprint density at radius 2 is 1.87 bits per heavy atom. The van der Waals surface area contributed by atoms with Crippen molar-refractivity contribution in [2.45, 2.75) is 38.1 Å². The lowest BCUT2D eigenvalue weighted by molar-refractivity contribution is 0.186. The van der Waals surface area contributed by atoms with Crippen LogP contribution in [0.25, 0.3) is 0 Å². The van der Waals surface area contributed by atoms with Crippen molar-refractivity contribution in [3.8, 4) is 5.75 Å². The number of piperidine rings is 1. The molecule has 1 aromatic carbocycles. The second kappa shape index (κ2) is 7.97. The average molecular weight is 334 g/mol. The van der Waals surface area contributed by atoms with Crippen molar-refractivity contribution < 1.29 is 4.74 Å². The van der Waals surface area contributed by atoms with Gasteiger partial charge in [-0.3, -0.25) is 0 Å². The van der Waals surface area contributed by atoms with Crippen LogP contribution in [0.4, 0.5) is 5.69 Å². The molecule has 2 heterocycles. The minimum Gasteiger partial charge on any atom is -0.497 e. The summed E-state index contributed by atoms with van der Waals surface area (Å²) in [4.78, 5) is 5.00. The van der Waals surface area contributed by atoms with Gasteiger partial charge < -0.3 is 19.9 Å². The van der Waals surface area contributed by atoms with Crippen LogP contribution in [-0.4, -0.2) is 54.2 Å². The maximum Gasteiger partial charge on any atom is 0.173 e. The molecule has 0 radical (unpaired) electrons. The van der Waals surface area contributed by atoms with Gasteiger partial charge in [0.25, 0.3) is 0 Å². The topological polar surface area (TPSA) is 27.7 Å². The minimum atomic E-state index is 0.561. The molecule has 3 rings (SSSR count). The number of rotatable bonds is 4. The summed E-state index contributed by atoms with van der Waals surface area (Å²) < 4.78 is 5.20. The van der Waals surface area contributed by atoms with Gasteiger partial charge in [0.05, 0.1) is 7.11 Å². The summed E-state index contributed by atoms with van der Waals surface area (Å²) in [5.41, 5.74) is 1.03. The van der Waals surface area contributed by atoms with E-state index in [-0.39, 0.29) is 0 Å². The van der Waals surface area contributed by atoms with E-state index < -0.39 is 0 Å². The highest BCUT2D eigenvalue weighted by Crippen LogP contribution is 2.22. The standard InChI is InChI=1S/C18H27N3OS/c1-22-17-9-7-15(8-10-17)19-18(23)21-13-5-6-16(21)14-20-11-3-2-4-12-20/h7-10,16H,2-6,11-14H2,1H3,(H,19,23)/t16-/m0/s1. The van der Waals surface area contributed by atoms with E-state index in [0.717, 1.165) is 29.6 Å². The lowest BCUT2D eigenvalue weighted by Gasteiger charge is -2.34. The fourth-order valence-electron chi connectivity index (χ4n) is 3.60. The summed E-state index contributed by atoms with van der Waals surface area (Å²) in [6.07, 6.45) is 6.58. The van der Waals surface area contributed by atoms with E-state index >= 15 is 0 Å².